The van der Waals surface area contributed by atoms with Crippen molar-refractivity contribution in [3.8, 4) is 17.2 Å². The van der Waals surface area contributed by atoms with E-state index < -0.39 is 0 Å². The lowest BCUT2D eigenvalue weighted by Gasteiger charge is -2.22. The highest BCUT2D eigenvalue weighted by Gasteiger charge is 2.22. The number of ketones is 1. The van der Waals surface area contributed by atoms with Crippen LogP contribution in [0, 0.1) is 17.2 Å². The van der Waals surface area contributed by atoms with Crippen LogP contribution in [0.2, 0.25) is 0 Å². The fraction of sp³-hybridized carbons (Fsp3) is 0.429. The lowest BCUT2D eigenvalue weighted by Crippen LogP contribution is -2.39. The molecule has 0 saturated carbocycles. The van der Waals surface area contributed by atoms with Crippen molar-refractivity contribution in [2.24, 2.45) is 5.92 Å². The highest BCUT2D eigenvalue weighted by molar-refractivity contribution is 5.85. The van der Waals surface area contributed by atoms with Crippen LogP contribution in [0.15, 0.2) is 54.6 Å². The molecular formula is C28H34N2O4. The number of unbranched alkanes of at least 4 members (excludes halogenated alkanes) is 1. The molecule has 0 radical (unpaired) electrons. The van der Waals surface area contributed by atoms with Crippen molar-refractivity contribution in [1.29, 1.82) is 5.26 Å². The van der Waals surface area contributed by atoms with Crippen molar-refractivity contribution in [1.82, 2.24) is 5.32 Å². The van der Waals surface area contributed by atoms with Gasteiger partial charge in [-0.3, -0.25) is 14.4 Å². The summed E-state index contributed by atoms with van der Waals surface area (Å²) in [6.45, 7) is 3.88. The summed E-state index contributed by atoms with van der Waals surface area (Å²) in [5.41, 5.74) is 3.29. The van der Waals surface area contributed by atoms with Crippen LogP contribution in [0.4, 0.5) is 0 Å². The second-order valence-corrected chi connectivity index (χ2v) is 8.47. The summed E-state index contributed by atoms with van der Waals surface area (Å²) in [7, 11) is 0. The van der Waals surface area contributed by atoms with Gasteiger partial charge < -0.3 is 10.1 Å². The van der Waals surface area contributed by atoms with Crippen molar-refractivity contribution in [2.75, 3.05) is 6.61 Å². The van der Waals surface area contributed by atoms with Crippen molar-refractivity contribution < 1.29 is 19.1 Å². The number of rotatable bonds is 14. The minimum atomic E-state index is -0.360. The first-order valence-electron chi connectivity index (χ1n) is 11.9. The molecular weight excluding hydrogens is 428 g/mol. The van der Waals surface area contributed by atoms with Crippen LogP contribution in [-0.4, -0.2) is 30.3 Å². The summed E-state index contributed by atoms with van der Waals surface area (Å²) in [4.78, 5) is 36.7. The van der Waals surface area contributed by atoms with Crippen molar-refractivity contribution in [2.45, 2.75) is 64.8 Å². The lowest BCUT2D eigenvalue weighted by molar-refractivity contribution is -0.148. The summed E-state index contributed by atoms with van der Waals surface area (Å²) in [6.07, 6.45) is 2.45. The second-order valence-electron chi connectivity index (χ2n) is 8.47. The quantitative estimate of drug-likeness (QED) is 0.314. The molecule has 0 aliphatic rings. The van der Waals surface area contributed by atoms with Gasteiger partial charge in [0.15, 0.2) is 0 Å². The number of nitrogens with one attached hydrogen (secondary N) is 1. The fourth-order valence-corrected chi connectivity index (χ4v) is 3.79. The second kappa shape index (κ2) is 14.6. The van der Waals surface area contributed by atoms with Crippen LogP contribution in [0.25, 0.3) is 11.1 Å². The largest absolute Gasteiger partial charge is 0.466 e. The maximum absolute atomic E-state index is 12.6. The number of nitrogens with zero attached hydrogens (tertiary/aromatic N) is 1. The normalized spacial score (nSPS) is 12.3. The van der Waals surface area contributed by atoms with Gasteiger partial charge >= 0.3 is 5.97 Å². The highest BCUT2D eigenvalue weighted by Crippen LogP contribution is 2.21. The Hall–Kier alpha value is -3.46. The van der Waals surface area contributed by atoms with Gasteiger partial charge in [-0.15, -0.1) is 0 Å². The van der Waals surface area contributed by atoms with Gasteiger partial charge in [0.2, 0.25) is 5.91 Å². The maximum atomic E-state index is 12.6. The summed E-state index contributed by atoms with van der Waals surface area (Å²) < 4.78 is 5.13. The molecule has 0 aromatic heterocycles. The first-order valence-corrected chi connectivity index (χ1v) is 11.9. The predicted molar refractivity (Wildman–Crippen MR) is 132 cm³/mol. The number of esters is 1. The van der Waals surface area contributed by atoms with Crippen LogP contribution in [0.3, 0.4) is 0 Å². The van der Waals surface area contributed by atoms with E-state index in [2.05, 4.69) is 29.6 Å². The zero-order valence-electron chi connectivity index (χ0n) is 20.1. The minimum absolute atomic E-state index is 0.0154. The van der Waals surface area contributed by atoms with Gasteiger partial charge in [-0.25, -0.2) is 0 Å². The van der Waals surface area contributed by atoms with E-state index in [1.165, 1.54) is 0 Å². The molecule has 2 aromatic rings. The zero-order valence-corrected chi connectivity index (χ0v) is 20.1. The third-order valence-corrected chi connectivity index (χ3v) is 5.61. The average molecular weight is 463 g/mol. The van der Waals surface area contributed by atoms with Gasteiger partial charge in [-0.2, -0.15) is 5.26 Å². The Balaban J connectivity index is 2.01. The summed E-state index contributed by atoms with van der Waals surface area (Å²) in [6, 6.07) is 20.0. The monoisotopic (exact) mass is 462 g/mol. The highest BCUT2D eigenvalue weighted by atomic mass is 16.5. The summed E-state index contributed by atoms with van der Waals surface area (Å²) >= 11 is 0. The number of hydrogen-bond acceptors (Lipinski definition) is 5. The Kier molecular flexibility index (Phi) is 11.5. The molecule has 2 atom stereocenters. The average Bonchev–Trinajstić information content (AvgIpc) is 2.84. The summed E-state index contributed by atoms with van der Waals surface area (Å²) in [5.74, 6) is -0.871. The topological polar surface area (TPSA) is 96.3 Å². The van der Waals surface area contributed by atoms with Crippen LogP contribution < -0.4 is 5.32 Å². The predicted octanol–water partition coefficient (Wildman–Crippen LogP) is 5.01. The van der Waals surface area contributed by atoms with Crippen LogP contribution in [0.5, 0.6) is 0 Å². The first kappa shape index (κ1) is 26.8. The van der Waals surface area contributed by atoms with Gasteiger partial charge in [0.25, 0.3) is 0 Å². The molecule has 6 nitrogen and oxygen atoms in total. The Labute approximate surface area is 202 Å². The first-order chi connectivity index (χ1) is 16.4. The number of hydrogen-bond donors (Lipinski definition) is 1. The van der Waals surface area contributed by atoms with E-state index in [1.807, 2.05) is 36.4 Å². The molecule has 0 fully saturated rings. The Morgan fingerprint density at radius 1 is 0.971 bits per heavy atom. The number of benzene rings is 2. The van der Waals surface area contributed by atoms with Crippen molar-refractivity contribution in [3.05, 3.63) is 60.2 Å². The minimum Gasteiger partial charge on any atom is -0.466 e. The number of amides is 1. The summed E-state index contributed by atoms with van der Waals surface area (Å²) in [5, 5.41) is 11.6. The third kappa shape index (κ3) is 9.58. The molecule has 2 aromatic carbocycles. The van der Waals surface area contributed by atoms with Gasteiger partial charge in [-0.1, -0.05) is 61.5 Å². The molecule has 180 valence electrons. The number of nitriles is 1. The van der Waals surface area contributed by atoms with E-state index in [4.69, 9.17) is 10.00 Å². The Morgan fingerprint density at radius 3 is 2.29 bits per heavy atom. The van der Waals surface area contributed by atoms with E-state index in [0.717, 1.165) is 16.7 Å². The van der Waals surface area contributed by atoms with Gasteiger partial charge in [0.1, 0.15) is 5.78 Å². The van der Waals surface area contributed by atoms with Crippen LogP contribution in [0.1, 0.15) is 57.9 Å². The lowest BCUT2D eigenvalue weighted by atomic mass is 9.94. The van der Waals surface area contributed by atoms with Gasteiger partial charge in [0, 0.05) is 31.7 Å². The molecule has 6 heteroatoms. The zero-order chi connectivity index (χ0) is 24.8. The Bertz CT molecular complexity index is 964. The van der Waals surface area contributed by atoms with Gasteiger partial charge in [0.05, 0.1) is 18.6 Å². The van der Waals surface area contributed by atoms with Crippen LogP contribution in [-0.2, 0) is 25.5 Å². The molecule has 1 N–H and O–H groups in total. The van der Waals surface area contributed by atoms with E-state index in [-0.39, 0.29) is 42.5 Å². The SMILES string of the molecule is CCOC(=O)[C@H](C)C[C@@H](Cc1ccc(-c2ccccc2)cc1)NC(=O)CCC(=O)CCCC#N. The number of Topliss-reactive ketones (excluding diaryl/α,β-unsaturated/α-hetero) is 1. The molecule has 0 bridgehead atoms. The van der Waals surface area contributed by atoms with Crippen molar-refractivity contribution in [3.63, 3.8) is 0 Å². The maximum Gasteiger partial charge on any atom is 0.308 e. The molecule has 0 heterocycles. The van der Waals surface area contributed by atoms with Crippen molar-refractivity contribution >= 4 is 17.7 Å². The molecule has 1 amide bonds. The van der Waals surface area contributed by atoms with E-state index in [0.29, 0.717) is 38.7 Å². The smallest absolute Gasteiger partial charge is 0.308 e. The molecule has 0 unspecified atom stereocenters. The molecule has 0 saturated heterocycles. The van der Waals surface area contributed by atoms with E-state index in [9.17, 15) is 14.4 Å². The number of carbonyl (C=O) groups is 3. The fourth-order valence-electron chi connectivity index (χ4n) is 3.79. The molecule has 34 heavy (non-hydrogen) atoms. The van der Waals surface area contributed by atoms with E-state index in [1.54, 1.807) is 13.8 Å². The van der Waals surface area contributed by atoms with Crippen LogP contribution >= 0.6 is 0 Å². The molecule has 2 rings (SSSR count). The Morgan fingerprint density at radius 2 is 1.65 bits per heavy atom. The number of ether oxygens (including phenoxy) is 1. The third-order valence-electron chi connectivity index (χ3n) is 5.61. The van der Waals surface area contributed by atoms with Gasteiger partial charge in [-0.05, 0) is 42.9 Å². The standard InChI is InChI=1S/C28H34N2O4/c1-3-34-28(33)21(2)19-25(30-27(32)17-16-26(31)11-7-8-18-29)20-22-12-14-24(15-13-22)23-9-5-4-6-10-23/h4-6,9-10,12-15,21,25H,3,7-8,11,16-17,19-20H2,1-2H3,(H,30,32)/t21-,25+/m1/s1. The molecule has 0 aliphatic carbocycles. The molecule has 0 aliphatic heterocycles. The number of carbonyl (C=O) groups excluding carboxylic acids is 3. The van der Waals surface area contributed by atoms with E-state index >= 15 is 0 Å². The molecule has 0 spiro atoms.